The van der Waals surface area contributed by atoms with E-state index in [0.29, 0.717) is 5.92 Å². The summed E-state index contributed by atoms with van der Waals surface area (Å²) in [7, 11) is 1.72. The molecule has 1 aliphatic rings. The normalized spacial score (nSPS) is 22.4. The van der Waals surface area contributed by atoms with E-state index >= 15 is 0 Å². The van der Waals surface area contributed by atoms with Crippen LogP contribution in [0.1, 0.15) is 25.8 Å². The van der Waals surface area contributed by atoms with Crippen molar-refractivity contribution < 1.29 is 9.47 Å². The minimum atomic E-state index is 0.237. The Labute approximate surface area is 122 Å². The molecule has 1 fully saturated rings. The summed E-state index contributed by atoms with van der Waals surface area (Å²) in [5, 5.41) is 3.61. The first-order valence-electron chi connectivity index (χ1n) is 7.55. The second-order valence-corrected chi connectivity index (χ2v) is 6.36. The summed E-state index contributed by atoms with van der Waals surface area (Å²) in [6, 6.07) is 8.39. The Morgan fingerprint density at radius 3 is 2.90 bits per heavy atom. The van der Waals surface area contributed by atoms with E-state index in [9.17, 15) is 0 Å². The molecule has 1 unspecified atom stereocenters. The van der Waals surface area contributed by atoms with Gasteiger partial charge in [-0.3, -0.25) is 0 Å². The fourth-order valence-electron chi connectivity index (χ4n) is 2.83. The molecule has 1 saturated heterocycles. The maximum atomic E-state index is 5.68. The van der Waals surface area contributed by atoms with E-state index < -0.39 is 0 Å². The van der Waals surface area contributed by atoms with E-state index in [4.69, 9.17) is 9.47 Å². The lowest BCUT2D eigenvalue weighted by molar-refractivity contribution is 0.148. The number of methoxy groups -OCH3 is 1. The zero-order valence-electron chi connectivity index (χ0n) is 12.9. The van der Waals surface area contributed by atoms with Gasteiger partial charge in [-0.05, 0) is 43.0 Å². The number of hydrogen-bond donors (Lipinski definition) is 1. The van der Waals surface area contributed by atoms with E-state index in [1.165, 1.54) is 5.56 Å². The highest BCUT2D eigenvalue weighted by Gasteiger charge is 2.34. The van der Waals surface area contributed by atoms with Crippen molar-refractivity contribution in [3.05, 3.63) is 29.8 Å². The lowest BCUT2D eigenvalue weighted by atomic mass is 9.80. The first-order valence-corrected chi connectivity index (χ1v) is 7.55. The van der Waals surface area contributed by atoms with Gasteiger partial charge in [0.1, 0.15) is 5.75 Å². The highest BCUT2D eigenvalue weighted by molar-refractivity contribution is 5.29. The third kappa shape index (κ3) is 4.22. The van der Waals surface area contributed by atoms with Crippen molar-refractivity contribution in [2.45, 2.75) is 26.7 Å². The molecule has 2 rings (SSSR count). The molecule has 1 heterocycles. The minimum Gasteiger partial charge on any atom is -0.497 e. The Kier molecular flexibility index (Phi) is 5.44. The molecule has 1 aromatic rings. The van der Waals surface area contributed by atoms with Gasteiger partial charge in [0.25, 0.3) is 0 Å². The largest absolute Gasteiger partial charge is 0.497 e. The van der Waals surface area contributed by atoms with Gasteiger partial charge in [0.15, 0.2) is 0 Å². The fourth-order valence-corrected chi connectivity index (χ4v) is 2.83. The van der Waals surface area contributed by atoms with Crippen molar-refractivity contribution in [3.63, 3.8) is 0 Å². The standard InChI is InChI=1S/C17H27NO2/c1-14(2)11-18-12-17(7-8-20-13-17)10-15-5-4-6-16(9-15)19-3/h4-6,9,14,18H,7-8,10-13H2,1-3H3. The topological polar surface area (TPSA) is 30.5 Å². The lowest BCUT2D eigenvalue weighted by Gasteiger charge is -2.28. The first kappa shape index (κ1) is 15.3. The SMILES string of the molecule is COc1cccc(CC2(CNCC(C)C)CCOC2)c1. The summed E-state index contributed by atoms with van der Waals surface area (Å²) >= 11 is 0. The van der Waals surface area contributed by atoms with Crippen molar-refractivity contribution in [1.82, 2.24) is 5.32 Å². The summed E-state index contributed by atoms with van der Waals surface area (Å²) < 4.78 is 11.0. The van der Waals surface area contributed by atoms with Gasteiger partial charge in [-0.1, -0.05) is 26.0 Å². The molecule has 112 valence electrons. The van der Waals surface area contributed by atoms with Crippen LogP contribution in [0.15, 0.2) is 24.3 Å². The maximum Gasteiger partial charge on any atom is 0.119 e. The molecule has 20 heavy (non-hydrogen) atoms. The number of nitrogens with one attached hydrogen (secondary N) is 1. The van der Waals surface area contributed by atoms with Crippen LogP contribution in [-0.2, 0) is 11.2 Å². The number of ether oxygens (including phenoxy) is 2. The molecule has 0 saturated carbocycles. The molecule has 3 nitrogen and oxygen atoms in total. The van der Waals surface area contributed by atoms with Gasteiger partial charge in [-0.25, -0.2) is 0 Å². The van der Waals surface area contributed by atoms with Crippen LogP contribution in [-0.4, -0.2) is 33.4 Å². The van der Waals surface area contributed by atoms with Gasteiger partial charge < -0.3 is 14.8 Å². The maximum absolute atomic E-state index is 5.68. The Hall–Kier alpha value is -1.06. The summed E-state index contributed by atoms with van der Waals surface area (Å²) in [6.07, 6.45) is 2.19. The van der Waals surface area contributed by atoms with Crippen molar-refractivity contribution in [2.75, 3.05) is 33.4 Å². The molecule has 3 heteroatoms. The van der Waals surface area contributed by atoms with Crippen LogP contribution in [0, 0.1) is 11.3 Å². The molecular formula is C17H27NO2. The third-order valence-corrected chi connectivity index (χ3v) is 3.95. The smallest absolute Gasteiger partial charge is 0.119 e. The summed E-state index contributed by atoms with van der Waals surface area (Å²) in [5.74, 6) is 1.62. The first-order chi connectivity index (χ1) is 9.63. The second kappa shape index (κ2) is 7.09. The van der Waals surface area contributed by atoms with Gasteiger partial charge in [0.2, 0.25) is 0 Å². The van der Waals surface area contributed by atoms with Gasteiger partial charge in [-0.15, -0.1) is 0 Å². The van der Waals surface area contributed by atoms with Crippen LogP contribution in [0.3, 0.4) is 0 Å². The average molecular weight is 277 g/mol. The quantitative estimate of drug-likeness (QED) is 0.831. The molecule has 0 bridgehead atoms. The molecule has 1 aliphatic heterocycles. The summed E-state index contributed by atoms with van der Waals surface area (Å²) in [4.78, 5) is 0. The molecule has 0 aliphatic carbocycles. The van der Waals surface area contributed by atoms with Crippen LogP contribution >= 0.6 is 0 Å². The number of rotatable bonds is 7. The van der Waals surface area contributed by atoms with Crippen LogP contribution in [0.4, 0.5) is 0 Å². The molecule has 0 radical (unpaired) electrons. The summed E-state index contributed by atoms with van der Waals surface area (Å²) in [5.41, 5.74) is 1.57. The average Bonchev–Trinajstić information content (AvgIpc) is 2.87. The minimum absolute atomic E-state index is 0.237. The van der Waals surface area contributed by atoms with Crippen molar-refractivity contribution in [3.8, 4) is 5.75 Å². The number of benzene rings is 1. The third-order valence-electron chi connectivity index (χ3n) is 3.95. The molecule has 1 N–H and O–H groups in total. The van der Waals surface area contributed by atoms with E-state index in [1.54, 1.807) is 7.11 Å². The predicted octanol–water partition coefficient (Wildman–Crippen LogP) is 2.89. The van der Waals surface area contributed by atoms with E-state index in [1.807, 2.05) is 6.07 Å². The lowest BCUT2D eigenvalue weighted by Crippen LogP contribution is -2.38. The monoisotopic (exact) mass is 277 g/mol. The Morgan fingerprint density at radius 1 is 1.40 bits per heavy atom. The Balaban J connectivity index is 2.00. The van der Waals surface area contributed by atoms with Gasteiger partial charge in [0, 0.05) is 18.6 Å². The van der Waals surface area contributed by atoms with Gasteiger partial charge in [0.05, 0.1) is 13.7 Å². The molecular weight excluding hydrogens is 250 g/mol. The zero-order valence-corrected chi connectivity index (χ0v) is 12.9. The second-order valence-electron chi connectivity index (χ2n) is 6.36. The molecule has 0 spiro atoms. The zero-order chi connectivity index (χ0) is 14.4. The van der Waals surface area contributed by atoms with Crippen LogP contribution in [0.2, 0.25) is 0 Å². The van der Waals surface area contributed by atoms with Gasteiger partial charge in [-0.2, -0.15) is 0 Å². The van der Waals surface area contributed by atoms with Crippen molar-refractivity contribution in [1.29, 1.82) is 0 Å². The van der Waals surface area contributed by atoms with Crippen molar-refractivity contribution in [2.24, 2.45) is 11.3 Å². The van der Waals surface area contributed by atoms with E-state index in [-0.39, 0.29) is 5.41 Å². The van der Waals surface area contributed by atoms with Crippen LogP contribution in [0.5, 0.6) is 5.75 Å². The Bertz CT molecular complexity index is 411. The molecule has 1 aromatic carbocycles. The van der Waals surface area contributed by atoms with Crippen LogP contribution in [0.25, 0.3) is 0 Å². The van der Waals surface area contributed by atoms with Crippen molar-refractivity contribution >= 4 is 0 Å². The highest BCUT2D eigenvalue weighted by Crippen LogP contribution is 2.33. The van der Waals surface area contributed by atoms with E-state index in [2.05, 4.69) is 37.4 Å². The fraction of sp³-hybridized carbons (Fsp3) is 0.647. The van der Waals surface area contributed by atoms with E-state index in [0.717, 1.165) is 44.9 Å². The molecule has 1 atom stereocenters. The molecule has 0 aromatic heterocycles. The van der Waals surface area contributed by atoms with Gasteiger partial charge >= 0.3 is 0 Å². The number of hydrogen-bond acceptors (Lipinski definition) is 3. The van der Waals surface area contributed by atoms with Crippen LogP contribution < -0.4 is 10.1 Å². The summed E-state index contributed by atoms with van der Waals surface area (Å²) in [6.45, 7) is 8.32. The highest BCUT2D eigenvalue weighted by atomic mass is 16.5. The Morgan fingerprint density at radius 2 is 2.25 bits per heavy atom. The predicted molar refractivity (Wildman–Crippen MR) is 82.3 cm³/mol. The molecule has 0 amide bonds.